The molecule has 3 atom stereocenters. The van der Waals surface area contributed by atoms with Crippen molar-refractivity contribution in [2.75, 3.05) is 46.5 Å². The smallest absolute Gasteiger partial charge is 0.200 e. The maximum absolute atomic E-state index is 11.8. The van der Waals surface area contributed by atoms with Crippen molar-refractivity contribution in [2.45, 2.75) is 37.5 Å². The second-order valence-electron chi connectivity index (χ2n) is 10.1. The van der Waals surface area contributed by atoms with Crippen molar-refractivity contribution in [2.24, 2.45) is 0 Å². The van der Waals surface area contributed by atoms with Gasteiger partial charge in [-0.2, -0.15) is 0 Å². The van der Waals surface area contributed by atoms with Gasteiger partial charge in [0.05, 0.1) is 46.2 Å². The van der Waals surface area contributed by atoms with Crippen LogP contribution in [0.4, 0.5) is 5.69 Å². The fraction of sp³-hybridized carbons (Fsp3) is 0.400. The minimum absolute atomic E-state index is 0.00480. The molecule has 0 bridgehead atoms. The number of hydrogen-bond acceptors (Lipinski definition) is 10. The van der Waals surface area contributed by atoms with E-state index in [-0.39, 0.29) is 37.1 Å². The zero-order valence-electron chi connectivity index (χ0n) is 22.6. The number of benzene rings is 3. The van der Waals surface area contributed by atoms with Gasteiger partial charge in [0.1, 0.15) is 17.2 Å². The van der Waals surface area contributed by atoms with Crippen LogP contribution in [0.5, 0.6) is 34.5 Å². The molecular weight excluding hydrogens is 518 g/mol. The number of aromatic hydroxyl groups is 1. The molecule has 0 aromatic heterocycles. The molecule has 0 spiro atoms. The van der Waals surface area contributed by atoms with Crippen molar-refractivity contribution in [3.63, 3.8) is 0 Å². The molecule has 6 rings (SSSR count). The first-order chi connectivity index (χ1) is 19.4. The summed E-state index contributed by atoms with van der Waals surface area (Å²) in [6, 6.07) is 7.01. The highest BCUT2D eigenvalue weighted by Crippen LogP contribution is 2.57. The fourth-order valence-corrected chi connectivity index (χ4v) is 6.22. The van der Waals surface area contributed by atoms with Gasteiger partial charge in [0.2, 0.25) is 5.75 Å². The fourth-order valence-electron chi connectivity index (χ4n) is 6.22. The van der Waals surface area contributed by atoms with Crippen LogP contribution in [0, 0.1) is 0 Å². The van der Waals surface area contributed by atoms with E-state index in [4.69, 9.17) is 23.7 Å². The third kappa shape index (κ3) is 3.97. The lowest BCUT2D eigenvalue weighted by molar-refractivity contribution is 0.0878. The van der Waals surface area contributed by atoms with Crippen LogP contribution in [0.1, 0.15) is 52.5 Å². The molecule has 0 saturated heterocycles. The monoisotopic (exact) mass is 551 g/mol. The normalized spacial score (nSPS) is 20.0. The molecule has 0 unspecified atom stereocenters. The Balaban J connectivity index is 1.50. The van der Waals surface area contributed by atoms with Crippen molar-refractivity contribution < 1.29 is 44.1 Å². The number of aliphatic hydroxyl groups is 3. The second-order valence-corrected chi connectivity index (χ2v) is 10.1. The van der Waals surface area contributed by atoms with Crippen LogP contribution in [-0.4, -0.2) is 61.6 Å². The molecule has 0 radical (unpaired) electrons. The van der Waals surface area contributed by atoms with E-state index in [2.05, 4.69) is 5.32 Å². The van der Waals surface area contributed by atoms with Crippen molar-refractivity contribution in [3.05, 3.63) is 52.1 Å². The number of nitrogens with one attached hydrogen (secondary N) is 1. The first-order valence-corrected chi connectivity index (χ1v) is 13.3. The summed E-state index contributed by atoms with van der Waals surface area (Å²) in [6.07, 6.45) is -0.220. The maximum Gasteiger partial charge on any atom is 0.200 e. The lowest BCUT2D eigenvalue weighted by atomic mass is 9.74. The molecule has 10 heteroatoms. The Morgan fingerprint density at radius 1 is 0.875 bits per heavy atom. The molecular formula is C30H33NO9. The van der Waals surface area contributed by atoms with E-state index in [0.29, 0.717) is 58.9 Å². The molecule has 3 aromatic rings. The highest BCUT2D eigenvalue weighted by atomic mass is 16.5. The number of methoxy groups -OCH3 is 3. The maximum atomic E-state index is 11.8. The molecule has 2 heterocycles. The SMILES string of the molecule is COc1cc([C@@H]2COc3cc4c5c(c3[C@H]2O)CCc2c(OC)cc(OCCCO)c(c2-5)[C@H](O)N4)cc(OC)c1O. The van der Waals surface area contributed by atoms with Gasteiger partial charge in [-0.15, -0.1) is 0 Å². The number of phenols is 1. The van der Waals surface area contributed by atoms with Gasteiger partial charge in [0.15, 0.2) is 17.7 Å². The van der Waals surface area contributed by atoms with Gasteiger partial charge in [0, 0.05) is 59.0 Å². The Morgan fingerprint density at radius 3 is 2.25 bits per heavy atom. The van der Waals surface area contributed by atoms with Crippen LogP contribution in [0.3, 0.4) is 0 Å². The van der Waals surface area contributed by atoms with E-state index in [9.17, 15) is 20.4 Å². The minimum atomic E-state index is -1.03. The first-order valence-electron chi connectivity index (χ1n) is 13.3. The first kappa shape index (κ1) is 26.4. The van der Waals surface area contributed by atoms with Gasteiger partial charge < -0.3 is 49.4 Å². The molecule has 5 N–H and O–H groups in total. The highest BCUT2D eigenvalue weighted by molar-refractivity contribution is 5.93. The molecule has 40 heavy (non-hydrogen) atoms. The Labute approximate surface area is 231 Å². The van der Waals surface area contributed by atoms with Gasteiger partial charge in [0.25, 0.3) is 0 Å². The van der Waals surface area contributed by atoms with Gasteiger partial charge in [-0.1, -0.05) is 0 Å². The van der Waals surface area contributed by atoms with Crippen LogP contribution in [0.15, 0.2) is 24.3 Å². The van der Waals surface area contributed by atoms with E-state index in [0.717, 1.165) is 22.3 Å². The number of hydrogen-bond donors (Lipinski definition) is 5. The topological polar surface area (TPSA) is 139 Å². The zero-order valence-corrected chi connectivity index (χ0v) is 22.6. The van der Waals surface area contributed by atoms with Crippen molar-refractivity contribution in [3.8, 4) is 45.6 Å². The Hall–Kier alpha value is -3.86. The number of fused-ring (bicyclic) bond motifs is 2. The van der Waals surface area contributed by atoms with Crippen LogP contribution in [0.25, 0.3) is 11.1 Å². The summed E-state index contributed by atoms with van der Waals surface area (Å²) in [6.45, 7) is 0.482. The van der Waals surface area contributed by atoms with E-state index in [1.807, 2.05) is 6.07 Å². The van der Waals surface area contributed by atoms with Gasteiger partial charge in [-0.25, -0.2) is 0 Å². The lowest BCUT2D eigenvalue weighted by Crippen LogP contribution is -2.29. The molecule has 0 saturated carbocycles. The zero-order chi connectivity index (χ0) is 28.1. The van der Waals surface area contributed by atoms with E-state index >= 15 is 0 Å². The largest absolute Gasteiger partial charge is 0.502 e. The quantitative estimate of drug-likeness (QED) is 0.264. The Bertz CT molecular complexity index is 1450. The third-order valence-electron chi connectivity index (χ3n) is 8.08. The van der Waals surface area contributed by atoms with Gasteiger partial charge in [-0.05, 0) is 36.1 Å². The Morgan fingerprint density at radius 2 is 1.57 bits per heavy atom. The van der Waals surface area contributed by atoms with Crippen molar-refractivity contribution in [1.29, 1.82) is 0 Å². The summed E-state index contributed by atoms with van der Waals surface area (Å²) in [5.41, 5.74) is 6.35. The Kier molecular flexibility index (Phi) is 6.77. The number of phenolic OH excluding ortho intramolecular Hbond substituents is 1. The number of aliphatic hydroxyl groups excluding tert-OH is 3. The second kappa shape index (κ2) is 10.3. The average Bonchev–Trinajstić information content (AvgIpc) is 2.96. The summed E-state index contributed by atoms with van der Waals surface area (Å²) in [5, 5.41) is 45.9. The standard InChI is InChI=1S/C30H33NO9/c1-36-19-12-21(39-8-4-7-32)27-26-15(19)5-6-16-24(26)18(31-30(27)35)11-20-25(16)28(33)17(13-40-20)14-9-22(37-2)29(34)23(10-14)38-3/h9-12,17,28,30-35H,4-8,13H2,1-3H3/t17-,28-,30-/m0/s1. The van der Waals surface area contributed by atoms with Crippen LogP contribution >= 0.6 is 0 Å². The summed E-state index contributed by atoms with van der Waals surface area (Å²) >= 11 is 0. The van der Waals surface area contributed by atoms with E-state index in [1.165, 1.54) is 14.2 Å². The van der Waals surface area contributed by atoms with Crippen LogP contribution in [-0.2, 0) is 12.8 Å². The molecule has 3 aliphatic rings. The molecule has 212 valence electrons. The van der Waals surface area contributed by atoms with Crippen molar-refractivity contribution in [1.82, 2.24) is 0 Å². The van der Waals surface area contributed by atoms with Crippen molar-refractivity contribution >= 4 is 5.69 Å². The van der Waals surface area contributed by atoms with E-state index < -0.39 is 18.2 Å². The highest BCUT2D eigenvalue weighted by Gasteiger charge is 2.41. The molecule has 0 amide bonds. The van der Waals surface area contributed by atoms with Gasteiger partial charge in [-0.3, -0.25) is 0 Å². The predicted molar refractivity (Wildman–Crippen MR) is 146 cm³/mol. The van der Waals surface area contributed by atoms with Crippen LogP contribution in [0.2, 0.25) is 0 Å². The lowest BCUT2D eigenvalue weighted by Gasteiger charge is -2.39. The molecule has 2 aliphatic heterocycles. The number of ether oxygens (including phenoxy) is 5. The number of anilines is 1. The summed E-state index contributed by atoms with van der Waals surface area (Å²) in [5.74, 6) is 1.65. The third-order valence-corrected chi connectivity index (χ3v) is 8.08. The molecule has 0 fully saturated rings. The molecule has 10 nitrogen and oxygen atoms in total. The number of rotatable bonds is 8. The summed E-state index contributed by atoms with van der Waals surface area (Å²) in [7, 11) is 4.54. The summed E-state index contributed by atoms with van der Waals surface area (Å²) < 4.78 is 28.7. The predicted octanol–water partition coefficient (Wildman–Crippen LogP) is 3.57. The average molecular weight is 552 g/mol. The summed E-state index contributed by atoms with van der Waals surface area (Å²) in [4.78, 5) is 0. The molecule has 3 aromatic carbocycles. The van der Waals surface area contributed by atoms with Gasteiger partial charge >= 0.3 is 0 Å². The minimum Gasteiger partial charge on any atom is -0.502 e. The van der Waals surface area contributed by atoms with E-state index in [1.54, 1.807) is 25.3 Å². The van der Waals surface area contributed by atoms with Crippen LogP contribution < -0.4 is 29.0 Å². The molecule has 1 aliphatic carbocycles.